The Labute approximate surface area is 161 Å². The fraction of sp³-hybridized carbons (Fsp3) is 0. The molecule has 134 valence electrons. The number of para-hydroxylation sites is 2. The fourth-order valence-corrected chi connectivity index (χ4v) is 3.29. The molecule has 0 atom stereocenters. The minimum absolute atomic E-state index is 0.101. The monoisotopic (exact) mass is 364 g/mol. The standard InChI is InChI=1S/C23H16N4O/c28-21-14-13-15-7-1-2-8-16(15)22(21)27-26-18-10-4-3-9-17(18)23-24-19-11-5-6-12-20(19)25-23/h1-14,28H,(H,24,25). The van der Waals surface area contributed by atoms with Crippen molar-refractivity contribution in [1.82, 2.24) is 9.97 Å². The maximum Gasteiger partial charge on any atom is 0.143 e. The van der Waals surface area contributed by atoms with Gasteiger partial charge in [0, 0.05) is 10.9 Å². The van der Waals surface area contributed by atoms with Gasteiger partial charge in [0.2, 0.25) is 0 Å². The molecule has 5 nitrogen and oxygen atoms in total. The third-order valence-corrected chi connectivity index (χ3v) is 4.69. The van der Waals surface area contributed by atoms with Crippen LogP contribution >= 0.6 is 0 Å². The highest BCUT2D eigenvalue weighted by molar-refractivity contribution is 5.95. The van der Waals surface area contributed by atoms with Crippen LogP contribution in [0.3, 0.4) is 0 Å². The number of phenolic OH excluding ortho intramolecular Hbond substituents is 1. The second-order valence-corrected chi connectivity index (χ2v) is 6.47. The lowest BCUT2D eigenvalue weighted by Crippen LogP contribution is -1.81. The molecule has 4 aromatic carbocycles. The number of hydrogen-bond acceptors (Lipinski definition) is 4. The van der Waals surface area contributed by atoms with E-state index in [2.05, 4.69) is 20.2 Å². The molecule has 0 spiro atoms. The molecule has 5 heteroatoms. The summed E-state index contributed by atoms with van der Waals surface area (Å²) < 4.78 is 0. The Kier molecular flexibility index (Phi) is 3.84. The number of H-pyrrole nitrogens is 1. The van der Waals surface area contributed by atoms with E-state index in [9.17, 15) is 5.11 Å². The van der Waals surface area contributed by atoms with Gasteiger partial charge in [-0.05, 0) is 35.7 Å². The first-order valence-corrected chi connectivity index (χ1v) is 8.96. The molecule has 5 aromatic rings. The SMILES string of the molecule is Oc1ccc2ccccc2c1N=Nc1ccccc1-c1nc2ccccc2[nH]1. The van der Waals surface area contributed by atoms with Gasteiger partial charge in [-0.2, -0.15) is 0 Å². The van der Waals surface area contributed by atoms with Crippen LogP contribution < -0.4 is 0 Å². The summed E-state index contributed by atoms with van der Waals surface area (Å²) in [6, 6.07) is 26.9. The van der Waals surface area contributed by atoms with Crippen LogP contribution in [0.1, 0.15) is 0 Å². The van der Waals surface area contributed by atoms with Crippen LogP contribution in [0.2, 0.25) is 0 Å². The number of nitrogens with one attached hydrogen (secondary N) is 1. The van der Waals surface area contributed by atoms with Crippen molar-refractivity contribution in [1.29, 1.82) is 0 Å². The number of aromatic nitrogens is 2. The minimum atomic E-state index is 0.101. The average molecular weight is 364 g/mol. The van der Waals surface area contributed by atoms with E-state index in [1.54, 1.807) is 6.07 Å². The number of fused-ring (bicyclic) bond motifs is 2. The lowest BCUT2D eigenvalue weighted by atomic mass is 10.1. The molecule has 0 aliphatic carbocycles. The molecule has 2 N–H and O–H groups in total. The summed E-state index contributed by atoms with van der Waals surface area (Å²) in [5.74, 6) is 0.835. The molecule has 0 aliphatic rings. The van der Waals surface area contributed by atoms with Crippen LogP contribution in [0.5, 0.6) is 5.75 Å². The van der Waals surface area contributed by atoms with Crippen LogP contribution in [0.15, 0.2) is 95.2 Å². The van der Waals surface area contributed by atoms with E-state index >= 15 is 0 Å². The van der Waals surface area contributed by atoms with E-state index in [-0.39, 0.29) is 5.75 Å². The largest absolute Gasteiger partial charge is 0.506 e. The van der Waals surface area contributed by atoms with Crippen molar-refractivity contribution in [3.8, 4) is 17.1 Å². The van der Waals surface area contributed by atoms with Crippen molar-refractivity contribution in [2.24, 2.45) is 10.2 Å². The highest BCUT2D eigenvalue weighted by Crippen LogP contribution is 2.37. The van der Waals surface area contributed by atoms with Gasteiger partial charge < -0.3 is 10.1 Å². The summed E-state index contributed by atoms with van der Waals surface area (Å²) in [4.78, 5) is 7.99. The Morgan fingerprint density at radius 1 is 0.750 bits per heavy atom. The summed E-state index contributed by atoms with van der Waals surface area (Å²) >= 11 is 0. The zero-order valence-electron chi connectivity index (χ0n) is 14.9. The van der Waals surface area contributed by atoms with Crippen molar-refractivity contribution in [3.63, 3.8) is 0 Å². The first-order valence-electron chi connectivity index (χ1n) is 8.96. The molecular weight excluding hydrogens is 348 g/mol. The predicted molar refractivity (Wildman–Crippen MR) is 111 cm³/mol. The normalized spacial score (nSPS) is 11.6. The number of phenols is 1. The number of azo groups is 1. The molecule has 0 aliphatic heterocycles. The van der Waals surface area contributed by atoms with Gasteiger partial charge in [0.15, 0.2) is 0 Å². The molecule has 0 bridgehead atoms. The number of imidazole rings is 1. The summed E-state index contributed by atoms with van der Waals surface area (Å²) in [6.07, 6.45) is 0. The molecule has 0 fully saturated rings. The Hall–Kier alpha value is -3.99. The molecule has 0 saturated heterocycles. The van der Waals surface area contributed by atoms with Crippen molar-refractivity contribution in [3.05, 3.63) is 84.9 Å². The molecule has 1 heterocycles. The topological polar surface area (TPSA) is 73.6 Å². The van der Waals surface area contributed by atoms with Crippen LogP contribution in [-0.4, -0.2) is 15.1 Å². The summed E-state index contributed by atoms with van der Waals surface area (Å²) in [6.45, 7) is 0. The Morgan fingerprint density at radius 3 is 2.46 bits per heavy atom. The third kappa shape index (κ3) is 2.79. The Bertz CT molecular complexity index is 1300. The summed E-state index contributed by atoms with van der Waals surface area (Å²) in [5, 5.41) is 21.0. The van der Waals surface area contributed by atoms with Crippen molar-refractivity contribution < 1.29 is 5.11 Å². The zero-order chi connectivity index (χ0) is 18.9. The summed E-state index contributed by atoms with van der Waals surface area (Å²) in [7, 11) is 0. The lowest BCUT2D eigenvalue weighted by molar-refractivity contribution is 0.477. The second-order valence-electron chi connectivity index (χ2n) is 6.47. The molecule has 0 saturated carbocycles. The van der Waals surface area contributed by atoms with Crippen LogP contribution in [0.25, 0.3) is 33.2 Å². The maximum absolute atomic E-state index is 10.3. The van der Waals surface area contributed by atoms with E-state index in [4.69, 9.17) is 0 Å². The molecule has 1 aromatic heterocycles. The van der Waals surface area contributed by atoms with Crippen LogP contribution in [-0.2, 0) is 0 Å². The number of nitrogens with zero attached hydrogens (tertiary/aromatic N) is 3. The highest BCUT2D eigenvalue weighted by atomic mass is 16.3. The van der Waals surface area contributed by atoms with E-state index in [0.29, 0.717) is 11.4 Å². The first-order chi connectivity index (χ1) is 13.8. The van der Waals surface area contributed by atoms with E-state index in [1.165, 1.54) is 0 Å². The third-order valence-electron chi connectivity index (χ3n) is 4.69. The fourth-order valence-electron chi connectivity index (χ4n) is 3.29. The summed E-state index contributed by atoms with van der Waals surface area (Å²) in [5.41, 5.74) is 3.85. The molecule has 5 rings (SSSR count). The van der Waals surface area contributed by atoms with Gasteiger partial charge in [-0.25, -0.2) is 4.98 Å². The van der Waals surface area contributed by atoms with Crippen molar-refractivity contribution in [2.75, 3.05) is 0 Å². The van der Waals surface area contributed by atoms with Gasteiger partial charge in [0.05, 0.1) is 16.7 Å². The second kappa shape index (κ2) is 6.63. The number of aromatic amines is 1. The lowest BCUT2D eigenvalue weighted by Gasteiger charge is -2.05. The quantitative estimate of drug-likeness (QED) is 0.358. The van der Waals surface area contributed by atoms with E-state index in [1.807, 2.05) is 78.9 Å². The number of rotatable bonds is 3. The molecule has 0 unspecified atom stereocenters. The minimum Gasteiger partial charge on any atom is -0.506 e. The van der Waals surface area contributed by atoms with Gasteiger partial charge in [-0.1, -0.05) is 54.6 Å². The van der Waals surface area contributed by atoms with Gasteiger partial charge in [0.25, 0.3) is 0 Å². The highest BCUT2D eigenvalue weighted by Gasteiger charge is 2.10. The number of aromatic hydroxyl groups is 1. The zero-order valence-corrected chi connectivity index (χ0v) is 14.9. The Balaban J connectivity index is 1.61. The molecular formula is C23H16N4O. The van der Waals surface area contributed by atoms with E-state index in [0.717, 1.165) is 33.2 Å². The van der Waals surface area contributed by atoms with Gasteiger partial charge >= 0.3 is 0 Å². The number of hydrogen-bond donors (Lipinski definition) is 2. The van der Waals surface area contributed by atoms with Gasteiger partial charge in [-0.15, -0.1) is 10.2 Å². The van der Waals surface area contributed by atoms with Gasteiger partial charge in [0.1, 0.15) is 17.3 Å². The number of benzene rings is 4. The Morgan fingerprint density at radius 2 is 1.54 bits per heavy atom. The van der Waals surface area contributed by atoms with E-state index < -0.39 is 0 Å². The molecule has 0 radical (unpaired) electrons. The average Bonchev–Trinajstić information content (AvgIpc) is 3.17. The predicted octanol–water partition coefficient (Wildman–Crippen LogP) is 6.50. The maximum atomic E-state index is 10.3. The molecule has 0 amide bonds. The smallest absolute Gasteiger partial charge is 0.143 e. The van der Waals surface area contributed by atoms with Crippen molar-refractivity contribution >= 4 is 33.2 Å². The van der Waals surface area contributed by atoms with Gasteiger partial charge in [-0.3, -0.25) is 0 Å². The van der Waals surface area contributed by atoms with Crippen molar-refractivity contribution in [2.45, 2.75) is 0 Å². The van der Waals surface area contributed by atoms with Crippen LogP contribution in [0, 0.1) is 0 Å². The molecule has 28 heavy (non-hydrogen) atoms. The van der Waals surface area contributed by atoms with Crippen LogP contribution in [0.4, 0.5) is 11.4 Å². The first kappa shape index (κ1) is 16.2.